The highest BCUT2D eigenvalue weighted by atomic mass is 16.5. The number of aromatic carboxylic acids is 1. The molecule has 0 aliphatic heterocycles. The van der Waals surface area contributed by atoms with Gasteiger partial charge in [0.25, 0.3) is 5.91 Å². The van der Waals surface area contributed by atoms with E-state index in [0.717, 1.165) is 19.3 Å². The van der Waals surface area contributed by atoms with Crippen molar-refractivity contribution >= 4 is 11.9 Å². The van der Waals surface area contributed by atoms with Crippen molar-refractivity contribution in [1.82, 2.24) is 9.88 Å². The summed E-state index contributed by atoms with van der Waals surface area (Å²) in [5, 5.41) is 9.02. The Morgan fingerprint density at radius 1 is 1.39 bits per heavy atom. The molecule has 6 heteroatoms. The van der Waals surface area contributed by atoms with E-state index in [4.69, 9.17) is 9.84 Å². The zero-order valence-corrected chi connectivity index (χ0v) is 13.5. The maximum Gasteiger partial charge on any atom is 0.354 e. The Bertz CT molecular complexity index is 627. The van der Waals surface area contributed by atoms with Crippen molar-refractivity contribution in [3.05, 3.63) is 29.6 Å². The van der Waals surface area contributed by atoms with Crippen LogP contribution in [0.3, 0.4) is 0 Å². The number of hydrogen-bond donors (Lipinski definition) is 1. The van der Waals surface area contributed by atoms with Crippen LogP contribution in [0.2, 0.25) is 0 Å². The second-order valence-corrected chi connectivity index (χ2v) is 6.41. The number of carbonyl (C=O) groups excluding carboxylic acids is 1. The van der Waals surface area contributed by atoms with Gasteiger partial charge in [0.1, 0.15) is 11.4 Å². The van der Waals surface area contributed by atoms with Crippen molar-refractivity contribution in [2.45, 2.75) is 44.8 Å². The molecule has 1 heterocycles. The van der Waals surface area contributed by atoms with Crippen LogP contribution in [0.5, 0.6) is 0 Å². The van der Waals surface area contributed by atoms with Gasteiger partial charge in [-0.1, -0.05) is 12.5 Å². The second kappa shape index (κ2) is 5.92. The smallest absolute Gasteiger partial charge is 0.354 e. The van der Waals surface area contributed by atoms with E-state index in [-0.39, 0.29) is 34.9 Å². The van der Waals surface area contributed by atoms with Crippen LogP contribution in [-0.4, -0.2) is 52.7 Å². The summed E-state index contributed by atoms with van der Waals surface area (Å²) >= 11 is 0. The lowest BCUT2D eigenvalue weighted by Gasteiger charge is -2.63. The van der Waals surface area contributed by atoms with E-state index in [1.54, 1.807) is 24.1 Å². The number of carboxylic acids is 1. The van der Waals surface area contributed by atoms with Crippen molar-refractivity contribution in [3.63, 3.8) is 0 Å². The lowest BCUT2D eigenvalue weighted by atomic mass is 9.50. The third kappa shape index (κ3) is 2.51. The molecule has 2 aliphatic rings. The number of pyridine rings is 1. The maximum absolute atomic E-state index is 12.7. The fraction of sp³-hybridized carbons (Fsp3) is 0.588. The first-order valence-electron chi connectivity index (χ1n) is 8.08. The first-order valence-corrected chi connectivity index (χ1v) is 8.08. The molecule has 0 bridgehead atoms. The SMILES string of the molecule is CCOC1CC(N(C)C(=O)c2cccc(C(=O)O)n2)C12CCC2. The lowest BCUT2D eigenvalue weighted by molar-refractivity contribution is -0.192. The molecule has 1 N–H and O–H groups in total. The Morgan fingerprint density at radius 3 is 2.65 bits per heavy atom. The van der Waals surface area contributed by atoms with Gasteiger partial charge in [0.2, 0.25) is 0 Å². The van der Waals surface area contributed by atoms with E-state index in [1.807, 2.05) is 6.92 Å². The number of amides is 1. The van der Waals surface area contributed by atoms with Crippen molar-refractivity contribution in [1.29, 1.82) is 0 Å². The minimum absolute atomic E-state index is 0.0881. The molecule has 23 heavy (non-hydrogen) atoms. The number of carboxylic acid groups (broad SMARTS) is 1. The summed E-state index contributed by atoms with van der Waals surface area (Å²) < 4.78 is 5.82. The quantitative estimate of drug-likeness (QED) is 0.900. The molecule has 1 aromatic heterocycles. The van der Waals surface area contributed by atoms with Crippen LogP contribution < -0.4 is 0 Å². The number of aromatic nitrogens is 1. The van der Waals surface area contributed by atoms with Crippen LogP contribution in [0.1, 0.15) is 53.6 Å². The molecule has 2 atom stereocenters. The van der Waals surface area contributed by atoms with E-state index >= 15 is 0 Å². The summed E-state index contributed by atoms with van der Waals surface area (Å²) in [6.45, 7) is 2.69. The highest BCUT2D eigenvalue weighted by Gasteiger charge is 2.60. The molecule has 0 aromatic carbocycles. The van der Waals surface area contributed by atoms with Crippen LogP contribution in [-0.2, 0) is 4.74 Å². The van der Waals surface area contributed by atoms with Gasteiger partial charge in [0.05, 0.1) is 6.10 Å². The Labute approximate surface area is 135 Å². The number of ether oxygens (including phenoxy) is 1. The van der Waals surface area contributed by atoms with Crippen molar-refractivity contribution < 1.29 is 19.4 Å². The van der Waals surface area contributed by atoms with Gasteiger partial charge >= 0.3 is 5.97 Å². The molecule has 2 unspecified atom stereocenters. The van der Waals surface area contributed by atoms with Gasteiger partial charge in [-0.2, -0.15) is 0 Å². The number of hydrogen-bond acceptors (Lipinski definition) is 4. The molecule has 1 amide bonds. The summed E-state index contributed by atoms with van der Waals surface area (Å²) in [6.07, 6.45) is 4.43. The Balaban J connectivity index is 1.76. The number of rotatable bonds is 5. The van der Waals surface area contributed by atoms with E-state index < -0.39 is 5.97 Å². The zero-order valence-electron chi connectivity index (χ0n) is 13.5. The predicted octanol–water partition coefficient (Wildman–Crippen LogP) is 2.20. The van der Waals surface area contributed by atoms with Crippen molar-refractivity contribution in [2.75, 3.05) is 13.7 Å². The van der Waals surface area contributed by atoms with Crippen LogP contribution in [0, 0.1) is 5.41 Å². The summed E-state index contributed by atoms with van der Waals surface area (Å²) in [5.74, 6) is -1.35. The molecular weight excluding hydrogens is 296 g/mol. The Kier molecular flexibility index (Phi) is 4.10. The van der Waals surface area contributed by atoms with Gasteiger partial charge < -0.3 is 14.7 Å². The molecule has 124 valence electrons. The highest BCUT2D eigenvalue weighted by molar-refractivity contribution is 5.94. The van der Waals surface area contributed by atoms with Gasteiger partial charge in [-0.05, 0) is 38.3 Å². The normalized spacial score (nSPS) is 24.6. The van der Waals surface area contributed by atoms with Crippen LogP contribution in [0.4, 0.5) is 0 Å². The first kappa shape index (κ1) is 15.9. The summed E-state index contributed by atoms with van der Waals surface area (Å²) in [6, 6.07) is 4.66. The van der Waals surface area contributed by atoms with E-state index in [9.17, 15) is 9.59 Å². The van der Waals surface area contributed by atoms with Gasteiger partial charge in [0.15, 0.2) is 0 Å². The third-order valence-electron chi connectivity index (χ3n) is 5.37. The molecule has 2 aliphatic carbocycles. The van der Waals surface area contributed by atoms with Gasteiger partial charge in [-0.15, -0.1) is 0 Å². The fourth-order valence-corrected chi connectivity index (χ4v) is 3.94. The standard InChI is InChI=1S/C17H22N2O4/c1-3-23-14-10-13(17(14)8-5-9-17)19(2)15(20)11-6-4-7-12(18-11)16(21)22/h4,6-7,13-14H,3,5,8-10H2,1-2H3,(H,21,22). The molecule has 6 nitrogen and oxygen atoms in total. The summed E-state index contributed by atoms with van der Waals surface area (Å²) in [5.41, 5.74) is 0.162. The Hall–Kier alpha value is -1.95. The van der Waals surface area contributed by atoms with E-state index in [1.165, 1.54) is 12.5 Å². The monoisotopic (exact) mass is 318 g/mol. The molecule has 1 spiro atoms. The number of carbonyl (C=O) groups is 2. The lowest BCUT2D eigenvalue weighted by Crippen LogP contribution is -2.67. The van der Waals surface area contributed by atoms with Gasteiger partial charge in [-0.3, -0.25) is 4.79 Å². The third-order valence-corrected chi connectivity index (χ3v) is 5.37. The van der Waals surface area contributed by atoms with Crippen LogP contribution >= 0.6 is 0 Å². The molecule has 2 fully saturated rings. The molecule has 2 saturated carbocycles. The van der Waals surface area contributed by atoms with Gasteiger partial charge in [-0.25, -0.2) is 9.78 Å². The number of nitrogens with zero attached hydrogens (tertiary/aromatic N) is 2. The first-order chi connectivity index (χ1) is 11.0. The predicted molar refractivity (Wildman–Crippen MR) is 83.4 cm³/mol. The Morgan fingerprint density at radius 2 is 2.09 bits per heavy atom. The van der Waals surface area contributed by atoms with Crippen LogP contribution in [0.25, 0.3) is 0 Å². The minimum Gasteiger partial charge on any atom is -0.477 e. The average Bonchev–Trinajstić information content (AvgIpc) is 2.48. The summed E-state index contributed by atoms with van der Waals surface area (Å²) in [4.78, 5) is 29.4. The topological polar surface area (TPSA) is 79.7 Å². The maximum atomic E-state index is 12.7. The van der Waals surface area contributed by atoms with E-state index in [0.29, 0.717) is 6.61 Å². The van der Waals surface area contributed by atoms with E-state index in [2.05, 4.69) is 4.98 Å². The zero-order chi connectivity index (χ0) is 16.6. The molecule has 0 saturated heterocycles. The highest BCUT2D eigenvalue weighted by Crippen LogP contribution is 2.59. The molecule has 0 radical (unpaired) electrons. The molecular formula is C17H22N2O4. The molecule has 3 rings (SSSR count). The minimum atomic E-state index is -1.13. The summed E-state index contributed by atoms with van der Waals surface area (Å²) in [7, 11) is 1.78. The van der Waals surface area contributed by atoms with Gasteiger partial charge in [0, 0.05) is 25.1 Å². The largest absolute Gasteiger partial charge is 0.477 e. The fourth-order valence-electron chi connectivity index (χ4n) is 3.94. The second-order valence-electron chi connectivity index (χ2n) is 6.41. The van der Waals surface area contributed by atoms with Crippen molar-refractivity contribution in [3.8, 4) is 0 Å². The van der Waals surface area contributed by atoms with Crippen LogP contribution in [0.15, 0.2) is 18.2 Å². The molecule has 1 aromatic rings. The van der Waals surface area contributed by atoms with Crippen molar-refractivity contribution in [2.24, 2.45) is 5.41 Å². The average molecular weight is 318 g/mol.